The Balaban J connectivity index is 1.91. The molecule has 0 spiro atoms. The van der Waals surface area contributed by atoms with Crippen LogP contribution in [-0.4, -0.2) is 18.2 Å². The highest BCUT2D eigenvalue weighted by Crippen LogP contribution is 2.34. The topological polar surface area (TPSA) is 52.9 Å². The minimum atomic E-state index is 0.0398. The van der Waals surface area contributed by atoms with Crippen LogP contribution in [-0.2, 0) is 4.79 Å². The van der Waals surface area contributed by atoms with E-state index in [0.717, 1.165) is 30.0 Å². The van der Waals surface area contributed by atoms with Crippen LogP contribution in [0.25, 0.3) is 0 Å². The van der Waals surface area contributed by atoms with Gasteiger partial charge in [-0.1, -0.05) is 24.4 Å². The van der Waals surface area contributed by atoms with Gasteiger partial charge >= 0.3 is 0 Å². The number of rotatable bonds is 5. The number of amides is 1. The first-order valence-corrected chi connectivity index (χ1v) is 8.60. The molecule has 0 bridgehead atoms. The summed E-state index contributed by atoms with van der Waals surface area (Å²) < 4.78 is 0. The van der Waals surface area contributed by atoms with Gasteiger partial charge in [0.1, 0.15) is 6.54 Å². The number of halogens is 1. The summed E-state index contributed by atoms with van der Waals surface area (Å²) in [6, 6.07) is 9.78. The van der Waals surface area contributed by atoms with Crippen LogP contribution in [0.3, 0.4) is 0 Å². The van der Waals surface area contributed by atoms with E-state index in [-0.39, 0.29) is 18.4 Å². The van der Waals surface area contributed by atoms with Gasteiger partial charge in [0.25, 0.3) is 0 Å². The molecule has 0 heterocycles. The van der Waals surface area contributed by atoms with Crippen molar-refractivity contribution in [3.63, 3.8) is 0 Å². The van der Waals surface area contributed by atoms with Crippen LogP contribution in [0.5, 0.6) is 0 Å². The minimum absolute atomic E-state index is 0.0398. The van der Waals surface area contributed by atoms with Gasteiger partial charge in [-0.25, -0.2) is 0 Å². The fourth-order valence-corrected chi connectivity index (χ4v) is 4.00. The van der Waals surface area contributed by atoms with Gasteiger partial charge < -0.3 is 5.32 Å². The van der Waals surface area contributed by atoms with E-state index in [1.165, 1.54) is 11.3 Å². The van der Waals surface area contributed by atoms with Gasteiger partial charge in [0.2, 0.25) is 5.91 Å². The lowest BCUT2D eigenvalue weighted by atomic mass is 9.80. The summed E-state index contributed by atoms with van der Waals surface area (Å²) in [4.78, 5) is 13.3. The molecule has 1 amide bonds. The molecule has 1 aromatic carbocycles. The van der Waals surface area contributed by atoms with Crippen molar-refractivity contribution >= 4 is 29.3 Å². The summed E-state index contributed by atoms with van der Waals surface area (Å²) in [6.45, 7) is 0.104. The van der Waals surface area contributed by atoms with Crippen LogP contribution >= 0.6 is 23.4 Å². The summed E-state index contributed by atoms with van der Waals surface area (Å²) in [7, 11) is 0. The SMILES string of the molecule is N#CCNC(=O)[C@@H]1CCCC[C@H]1CSc1ccc(Cl)cc1. The summed E-state index contributed by atoms with van der Waals surface area (Å²) in [5.74, 6) is 1.41. The zero-order chi connectivity index (χ0) is 15.1. The van der Waals surface area contributed by atoms with Gasteiger partial charge in [-0.2, -0.15) is 5.26 Å². The molecule has 0 radical (unpaired) electrons. The highest BCUT2D eigenvalue weighted by atomic mass is 35.5. The van der Waals surface area contributed by atoms with Crippen molar-refractivity contribution in [1.82, 2.24) is 5.32 Å². The second-order valence-electron chi connectivity index (χ2n) is 5.29. The van der Waals surface area contributed by atoms with Gasteiger partial charge in [0.15, 0.2) is 0 Å². The second-order valence-corrected chi connectivity index (χ2v) is 6.82. The third-order valence-corrected chi connectivity index (χ3v) is 5.32. The van der Waals surface area contributed by atoms with E-state index in [1.807, 2.05) is 30.3 Å². The molecular formula is C16H19ClN2OS. The Labute approximate surface area is 135 Å². The maximum absolute atomic E-state index is 12.1. The van der Waals surface area contributed by atoms with Crippen molar-refractivity contribution in [3.8, 4) is 6.07 Å². The molecule has 1 aliphatic carbocycles. The van der Waals surface area contributed by atoms with Gasteiger partial charge in [0, 0.05) is 21.6 Å². The van der Waals surface area contributed by atoms with Crippen LogP contribution in [0.4, 0.5) is 0 Å². The lowest BCUT2D eigenvalue weighted by Crippen LogP contribution is -2.37. The summed E-state index contributed by atoms with van der Waals surface area (Å²) in [6.07, 6.45) is 4.31. The number of nitrogens with zero attached hydrogens (tertiary/aromatic N) is 1. The summed E-state index contributed by atoms with van der Waals surface area (Å²) >= 11 is 7.66. The Kier molecular flexibility index (Phi) is 6.41. The normalized spacial score (nSPS) is 21.5. The van der Waals surface area contributed by atoms with Crippen molar-refractivity contribution in [2.75, 3.05) is 12.3 Å². The monoisotopic (exact) mass is 322 g/mol. The van der Waals surface area contributed by atoms with Crippen molar-refractivity contribution in [3.05, 3.63) is 29.3 Å². The van der Waals surface area contributed by atoms with Crippen molar-refractivity contribution in [1.29, 1.82) is 5.26 Å². The maximum atomic E-state index is 12.1. The fourth-order valence-electron chi connectivity index (χ4n) is 2.74. The highest BCUT2D eigenvalue weighted by molar-refractivity contribution is 7.99. The molecule has 1 aromatic rings. The van der Waals surface area contributed by atoms with Crippen molar-refractivity contribution in [2.24, 2.45) is 11.8 Å². The number of carbonyl (C=O) groups excluding carboxylic acids is 1. The predicted octanol–water partition coefficient (Wildman–Crippen LogP) is 3.88. The number of hydrogen-bond donors (Lipinski definition) is 1. The fraction of sp³-hybridized carbons (Fsp3) is 0.500. The Morgan fingerprint density at radius 3 is 2.76 bits per heavy atom. The molecule has 2 atom stereocenters. The quantitative estimate of drug-likeness (QED) is 0.661. The molecule has 5 heteroatoms. The van der Waals surface area contributed by atoms with Crippen LogP contribution in [0.2, 0.25) is 5.02 Å². The van der Waals surface area contributed by atoms with E-state index in [0.29, 0.717) is 5.92 Å². The standard InChI is InChI=1S/C16H19ClN2OS/c17-13-5-7-14(8-6-13)21-11-12-3-1-2-4-15(12)16(20)19-10-9-18/h5-8,12,15H,1-4,10-11H2,(H,19,20)/t12-,15+/m0/s1. The lowest BCUT2D eigenvalue weighted by molar-refractivity contribution is -0.127. The van der Waals surface area contributed by atoms with E-state index in [2.05, 4.69) is 5.32 Å². The number of carbonyl (C=O) groups is 1. The van der Waals surface area contributed by atoms with Gasteiger partial charge in [-0.15, -0.1) is 11.8 Å². The lowest BCUT2D eigenvalue weighted by Gasteiger charge is -2.30. The van der Waals surface area contributed by atoms with Crippen molar-refractivity contribution in [2.45, 2.75) is 30.6 Å². The first-order chi connectivity index (χ1) is 10.2. The Bertz CT molecular complexity index is 512. The molecule has 1 N–H and O–H groups in total. The molecule has 1 fully saturated rings. The van der Waals surface area contributed by atoms with Gasteiger partial charge in [-0.05, 0) is 43.0 Å². The average molecular weight is 323 g/mol. The van der Waals surface area contributed by atoms with Gasteiger partial charge in [-0.3, -0.25) is 4.79 Å². The van der Waals surface area contributed by atoms with Crippen molar-refractivity contribution < 1.29 is 4.79 Å². The zero-order valence-corrected chi connectivity index (χ0v) is 13.4. The summed E-state index contributed by atoms with van der Waals surface area (Å²) in [5.41, 5.74) is 0. The highest BCUT2D eigenvalue weighted by Gasteiger charge is 2.30. The van der Waals surface area contributed by atoms with E-state index in [9.17, 15) is 4.79 Å². The Morgan fingerprint density at radius 2 is 2.05 bits per heavy atom. The first kappa shape index (κ1) is 16.2. The van der Waals surface area contributed by atoms with Gasteiger partial charge in [0.05, 0.1) is 6.07 Å². The molecule has 112 valence electrons. The van der Waals surface area contributed by atoms with Crippen LogP contribution in [0, 0.1) is 23.2 Å². The number of thioether (sulfide) groups is 1. The van der Waals surface area contributed by atoms with E-state index in [1.54, 1.807) is 11.8 Å². The zero-order valence-electron chi connectivity index (χ0n) is 11.8. The third kappa shape index (κ3) is 4.94. The smallest absolute Gasteiger partial charge is 0.224 e. The number of benzene rings is 1. The molecule has 0 saturated heterocycles. The average Bonchev–Trinajstić information content (AvgIpc) is 2.52. The predicted molar refractivity (Wildman–Crippen MR) is 86.2 cm³/mol. The molecule has 0 aromatic heterocycles. The minimum Gasteiger partial charge on any atom is -0.343 e. The van der Waals surface area contributed by atoms with Crippen LogP contribution < -0.4 is 5.32 Å². The number of hydrogen-bond acceptors (Lipinski definition) is 3. The molecular weight excluding hydrogens is 304 g/mol. The first-order valence-electron chi connectivity index (χ1n) is 7.23. The Morgan fingerprint density at radius 1 is 1.33 bits per heavy atom. The number of nitrogens with one attached hydrogen (secondary N) is 1. The number of nitriles is 1. The molecule has 0 unspecified atom stereocenters. The second kappa shape index (κ2) is 8.31. The van der Waals surface area contributed by atoms with E-state index < -0.39 is 0 Å². The largest absolute Gasteiger partial charge is 0.343 e. The molecule has 0 aliphatic heterocycles. The van der Waals surface area contributed by atoms with E-state index in [4.69, 9.17) is 16.9 Å². The maximum Gasteiger partial charge on any atom is 0.224 e. The molecule has 3 nitrogen and oxygen atoms in total. The molecule has 1 aliphatic rings. The Hall–Kier alpha value is -1.18. The molecule has 1 saturated carbocycles. The summed E-state index contributed by atoms with van der Waals surface area (Å²) in [5, 5.41) is 12.0. The third-order valence-electron chi connectivity index (χ3n) is 3.87. The van der Waals surface area contributed by atoms with Crippen LogP contribution in [0.1, 0.15) is 25.7 Å². The van der Waals surface area contributed by atoms with E-state index >= 15 is 0 Å². The molecule has 2 rings (SSSR count). The molecule has 21 heavy (non-hydrogen) atoms. The van der Waals surface area contributed by atoms with Crippen LogP contribution in [0.15, 0.2) is 29.2 Å².